The first-order valence-corrected chi connectivity index (χ1v) is 6.61. The van der Waals surface area contributed by atoms with Crippen molar-refractivity contribution in [2.45, 2.75) is 26.6 Å². The molecule has 0 radical (unpaired) electrons. The number of nitrogens with zero attached hydrogens (tertiary/aromatic N) is 3. The molecule has 7 nitrogen and oxygen atoms in total. The molecule has 1 aromatic carbocycles. The topological polar surface area (TPSA) is 100 Å². The quantitative estimate of drug-likeness (QED) is 0.729. The van der Waals surface area contributed by atoms with Crippen LogP contribution in [-0.2, 0) is 6.61 Å². The van der Waals surface area contributed by atoms with Crippen molar-refractivity contribution in [2.24, 2.45) is 0 Å². The van der Waals surface area contributed by atoms with E-state index < -0.39 is 12.0 Å². The van der Waals surface area contributed by atoms with Crippen molar-refractivity contribution in [3.05, 3.63) is 41.2 Å². The second kappa shape index (κ2) is 6.47. The predicted octanol–water partition coefficient (Wildman–Crippen LogP) is 0.179. The molecule has 0 spiro atoms. The lowest BCUT2D eigenvalue weighted by atomic mass is 10.2. The molecule has 1 atom stereocenters. The smallest absolute Gasteiger partial charge is 0.273 e. The minimum absolute atomic E-state index is 0.0544. The number of aliphatic hydroxyl groups excluding tert-OH is 2. The summed E-state index contributed by atoms with van der Waals surface area (Å²) < 4.78 is 0. The number of aliphatic hydroxyl groups is 2. The minimum Gasteiger partial charge on any atom is -0.392 e. The second-order valence-corrected chi connectivity index (χ2v) is 4.84. The summed E-state index contributed by atoms with van der Waals surface area (Å²) in [5.41, 5.74) is 2.05. The maximum absolute atomic E-state index is 12.0. The first kappa shape index (κ1) is 15.1. The molecule has 0 saturated heterocycles. The van der Waals surface area contributed by atoms with Gasteiger partial charge in [-0.25, -0.2) is 0 Å². The van der Waals surface area contributed by atoms with E-state index in [1.807, 2.05) is 31.2 Å². The molecule has 0 fully saturated rings. The molecule has 0 aliphatic carbocycles. The van der Waals surface area contributed by atoms with E-state index in [0.29, 0.717) is 5.69 Å². The molecule has 7 heteroatoms. The largest absolute Gasteiger partial charge is 0.392 e. The zero-order valence-corrected chi connectivity index (χ0v) is 11.9. The maximum Gasteiger partial charge on any atom is 0.273 e. The molecule has 1 heterocycles. The standard InChI is InChI=1S/C14H18N4O3/c1-9-3-5-11(6-4-9)18-16-12(8-19)13(17-18)14(21)15-7-10(2)20/h3-6,10,19-20H,7-8H2,1-2H3,(H,15,21)/t10-/m0/s1. The Kier molecular flexibility index (Phi) is 4.66. The molecule has 21 heavy (non-hydrogen) atoms. The molecule has 112 valence electrons. The van der Waals surface area contributed by atoms with E-state index in [0.717, 1.165) is 5.56 Å². The molecule has 3 N–H and O–H groups in total. The Hall–Kier alpha value is -2.25. The van der Waals surface area contributed by atoms with Crippen LogP contribution < -0.4 is 5.32 Å². The van der Waals surface area contributed by atoms with Crippen LogP contribution in [0.2, 0.25) is 0 Å². The SMILES string of the molecule is Cc1ccc(-n2nc(CO)c(C(=O)NC[C@H](C)O)n2)cc1. The summed E-state index contributed by atoms with van der Waals surface area (Å²) in [5, 5.41) is 29.2. The second-order valence-electron chi connectivity index (χ2n) is 4.84. The Morgan fingerprint density at radius 2 is 2.00 bits per heavy atom. The lowest BCUT2D eigenvalue weighted by Gasteiger charge is -2.05. The van der Waals surface area contributed by atoms with Crippen LogP contribution in [0.25, 0.3) is 5.69 Å². The highest BCUT2D eigenvalue weighted by atomic mass is 16.3. The lowest BCUT2D eigenvalue weighted by molar-refractivity contribution is 0.0915. The molecule has 2 rings (SSSR count). The third kappa shape index (κ3) is 3.65. The van der Waals surface area contributed by atoms with Gasteiger partial charge in [0.25, 0.3) is 5.91 Å². The van der Waals surface area contributed by atoms with Gasteiger partial charge < -0.3 is 15.5 Å². The van der Waals surface area contributed by atoms with E-state index in [9.17, 15) is 15.0 Å². The van der Waals surface area contributed by atoms with Crippen LogP contribution in [0.4, 0.5) is 0 Å². The summed E-state index contributed by atoms with van der Waals surface area (Å²) in [7, 11) is 0. The highest BCUT2D eigenvalue weighted by molar-refractivity contribution is 5.93. The molecule has 2 aromatic rings. The summed E-state index contributed by atoms with van der Waals surface area (Å²) in [6.07, 6.45) is -0.654. The van der Waals surface area contributed by atoms with Crippen LogP contribution in [-0.4, -0.2) is 43.8 Å². The number of carbonyl (C=O) groups excluding carboxylic acids is 1. The van der Waals surface area contributed by atoms with E-state index in [-0.39, 0.29) is 24.5 Å². The molecule has 0 saturated carbocycles. The number of hydrogen-bond acceptors (Lipinski definition) is 5. The number of nitrogens with one attached hydrogen (secondary N) is 1. The third-order valence-electron chi connectivity index (χ3n) is 2.87. The van der Waals surface area contributed by atoms with Gasteiger partial charge in [0.2, 0.25) is 0 Å². The highest BCUT2D eigenvalue weighted by Gasteiger charge is 2.18. The Morgan fingerprint density at radius 1 is 1.33 bits per heavy atom. The van der Waals surface area contributed by atoms with Crippen molar-refractivity contribution >= 4 is 5.91 Å². The molecule has 0 aliphatic heterocycles. The first-order chi connectivity index (χ1) is 10.0. The van der Waals surface area contributed by atoms with Gasteiger partial charge in [-0.3, -0.25) is 4.79 Å². The number of carbonyl (C=O) groups is 1. The van der Waals surface area contributed by atoms with Crippen LogP contribution >= 0.6 is 0 Å². The van der Waals surface area contributed by atoms with Crippen molar-refractivity contribution in [1.82, 2.24) is 20.3 Å². The van der Waals surface area contributed by atoms with Crippen molar-refractivity contribution in [3.8, 4) is 5.69 Å². The van der Waals surface area contributed by atoms with Gasteiger partial charge in [0.05, 0.1) is 18.4 Å². The summed E-state index contributed by atoms with van der Waals surface area (Å²) in [6.45, 7) is 3.26. The van der Waals surface area contributed by atoms with Gasteiger partial charge in [-0.05, 0) is 26.0 Å². The van der Waals surface area contributed by atoms with E-state index in [4.69, 9.17) is 0 Å². The Bertz CT molecular complexity index is 620. The third-order valence-corrected chi connectivity index (χ3v) is 2.87. The first-order valence-electron chi connectivity index (χ1n) is 6.61. The highest BCUT2D eigenvalue weighted by Crippen LogP contribution is 2.10. The summed E-state index contributed by atoms with van der Waals surface area (Å²) in [6, 6.07) is 7.47. The van der Waals surface area contributed by atoms with Gasteiger partial charge in [-0.2, -0.15) is 4.80 Å². The fourth-order valence-corrected chi connectivity index (χ4v) is 1.74. The molecule has 1 aromatic heterocycles. The molecular formula is C14H18N4O3. The van der Waals surface area contributed by atoms with Crippen LogP contribution in [0.1, 0.15) is 28.7 Å². The number of rotatable bonds is 5. The lowest BCUT2D eigenvalue weighted by Crippen LogP contribution is -2.31. The van der Waals surface area contributed by atoms with Gasteiger partial charge in [0, 0.05) is 6.54 Å². The van der Waals surface area contributed by atoms with Gasteiger partial charge in [-0.15, -0.1) is 10.2 Å². The van der Waals surface area contributed by atoms with Crippen molar-refractivity contribution in [1.29, 1.82) is 0 Å². The average molecular weight is 290 g/mol. The van der Waals surface area contributed by atoms with Gasteiger partial charge >= 0.3 is 0 Å². The maximum atomic E-state index is 12.0. The number of amides is 1. The fourth-order valence-electron chi connectivity index (χ4n) is 1.74. The van der Waals surface area contributed by atoms with Crippen LogP contribution in [0.3, 0.4) is 0 Å². The van der Waals surface area contributed by atoms with E-state index >= 15 is 0 Å². The Morgan fingerprint density at radius 3 is 2.57 bits per heavy atom. The summed E-state index contributed by atoms with van der Waals surface area (Å²) in [4.78, 5) is 13.3. The normalized spacial score (nSPS) is 12.2. The minimum atomic E-state index is -0.654. The van der Waals surface area contributed by atoms with Crippen LogP contribution in [0, 0.1) is 6.92 Å². The van der Waals surface area contributed by atoms with E-state index in [1.54, 1.807) is 6.92 Å². The van der Waals surface area contributed by atoms with Crippen LogP contribution in [0.5, 0.6) is 0 Å². The van der Waals surface area contributed by atoms with Crippen LogP contribution in [0.15, 0.2) is 24.3 Å². The van der Waals surface area contributed by atoms with Gasteiger partial charge in [0.1, 0.15) is 5.69 Å². The van der Waals surface area contributed by atoms with Crippen molar-refractivity contribution < 1.29 is 15.0 Å². The summed E-state index contributed by atoms with van der Waals surface area (Å²) >= 11 is 0. The number of aryl methyl sites for hydroxylation is 1. The van der Waals surface area contributed by atoms with E-state index in [1.165, 1.54) is 4.80 Å². The Balaban J connectivity index is 2.26. The molecule has 1 amide bonds. The van der Waals surface area contributed by atoms with Gasteiger partial charge in [-0.1, -0.05) is 17.7 Å². The van der Waals surface area contributed by atoms with Crippen molar-refractivity contribution in [2.75, 3.05) is 6.54 Å². The monoisotopic (exact) mass is 290 g/mol. The fraction of sp³-hybridized carbons (Fsp3) is 0.357. The molecule has 0 aliphatic rings. The number of aromatic nitrogens is 3. The predicted molar refractivity (Wildman–Crippen MR) is 76.0 cm³/mol. The number of hydrogen-bond donors (Lipinski definition) is 3. The molecule has 0 unspecified atom stereocenters. The zero-order chi connectivity index (χ0) is 15.4. The van der Waals surface area contributed by atoms with Crippen molar-refractivity contribution in [3.63, 3.8) is 0 Å². The summed E-state index contributed by atoms with van der Waals surface area (Å²) in [5.74, 6) is -0.474. The van der Waals surface area contributed by atoms with E-state index in [2.05, 4.69) is 15.5 Å². The number of benzene rings is 1. The van der Waals surface area contributed by atoms with Gasteiger partial charge in [0.15, 0.2) is 5.69 Å². The molecule has 0 bridgehead atoms. The average Bonchev–Trinajstić information content (AvgIpc) is 2.89. The zero-order valence-electron chi connectivity index (χ0n) is 11.9. The Labute approximate surface area is 122 Å². The molecular weight excluding hydrogens is 272 g/mol.